The Balaban J connectivity index is 1.43. The molecule has 0 radical (unpaired) electrons. The van der Waals surface area contributed by atoms with Gasteiger partial charge in [0.15, 0.2) is 5.78 Å². The van der Waals surface area contributed by atoms with Crippen molar-refractivity contribution in [1.29, 1.82) is 0 Å². The number of hydrogen-bond donors (Lipinski definition) is 2. The molecule has 31 heavy (non-hydrogen) atoms. The molecular formula is C22H26N4O4S. The Kier molecular flexibility index (Phi) is 7.19. The second-order valence-electron chi connectivity index (χ2n) is 7.23. The molecule has 2 N–H and O–H groups in total. The van der Waals surface area contributed by atoms with Crippen LogP contribution in [0.1, 0.15) is 35.9 Å². The van der Waals surface area contributed by atoms with E-state index >= 15 is 0 Å². The Morgan fingerprint density at radius 2 is 1.84 bits per heavy atom. The molecule has 1 amide bonds. The van der Waals surface area contributed by atoms with Crippen molar-refractivity contribution in [2.75, 3.05) is 13.1 Å². The van der Waals surface area contributed by atoms with Crippen molar-refractivity contribution >= 4 is 32.7 Å². The van der Waals surface area contributed by atoms with E-state index in [1.807, 2.05) is 31.2 Å². The van der Waals surface area contributed by atoms with E-state index in [9.17, 15) is 18.0 Å². The normalized spacial score (nSPS) is 11.5. The first-order valence-electron chi connectivity index (χ1n) is 10.1. The molecule has 3 aromatic rings. The highest BCUT2D eigenvalue weighted by Gasteiger charge is 2.15. The molecule has 0 bridgehead atoms. The predicted molar refractivity (Wildman–Crippen MR) is 118 cm³/mol. The number of hydrogen-bond acceptors (Lipinski definition) is 5. The molecule has 0 spiro atoms. The van der Waals surface area contributed by atoms with Crippen molar-refractivity contribution in [1.82, 2.24) is 19.6 Å². The summed E-state index contributed by atoms with van der Waals surface area (Å²) in [5.74, 6) is 0.485. The molecule has 164 valence electrons. The smallest absolute Gasteiger partial charge is 0.240 e. The quantitative estimate of drug-likeness (QED) is 0.370. The summed E-state index contributed by atoms with van der Waals surface area (Å²) in [4.78, 5) is 28.0. The highest BCUT2D eigenvalue weighted by atomic mass is 32.2. The van der Waals surface area contributed by atoms with Gasteiger partial charge in [-0.2, -0.15) is 0 Å². The highest BCUT2D eigenvalue weighted by molar-refractivity contribution is 7.89. The van der Waals surface area contributed by atoms with Gasteiger partial charge in [0.25, 0.3) is 0 Å². The van der Waals surface area contributed by atoms with E-state index in [-0.39, 0.29) is 29.6 Å². The fourth-order valence-electron chi connectivity index (χ4n) is 3.30. The maximum atomic E-state index is 12.4. The van der Waals surface area contributed by atoms with E-state index < -0.39 is 10.0 Å². The lowest BCUT2D eigenvalue weighted by Crippen LogP contribution is -2.31. The van der Waals surface area contributed by atoms with Crippen LogP contribution in [0.2, 0.25) is 0 Å². The van der Waals surface area contributed by atoms with Crippen LogP contribution in [0.15, 0.2) is 53.4 Å². The Morgan fingerprint density at radius 3 is 2.61 bits per heavy atom. The fraction of sp³-hybridized carbons (Fsp3) is 0.318. The second kappa shape index (κ2) is 9.84. The largest absolute Gasteiger partial charge is 0.356 e. The lowest BCUT2D eigenvalue weighted by molar-refractivity contribution is -0.120. The zero-order chi connectivity index (χ0) is 22.4. The number of carbonyl (C=O) groups is 2. The van der Waals surface area contributed by atoms with Gasteiger partial charge >= 0.3 is 0 Å². The second-order valence-corrected chi connectivity index (χ2v) is 9.00. The van der Waals surface area contributed by atoms with Gasteiger partial charge in [-0.15, -0.1) is 0 Å². The first-order valence-corrected chi connectivity index (χ1v) is 11.6. The van der Waals surface area contributed by atoms with Crippen LogP contribution in [-0.2, 0) is 21.4 Å². The molecule has 8 nitrogen and oxygen atoms in total. The van der Waals surface area contributed by atoms with Gasteiger partial charge in [0, 0.05) is 31.6 Å². The number of Topliss-reactive ketones (excluding diaryl/α,β-unsaturated/α-hetero) is 1. The number of rotatable bonds is 10. The molecule has 0 aliphatic heterocycles. The molecule has 3 rings (SSSR count). The number of nitrogens with one attached hydrogen (secondary N) is 2. The van der Waals surface area contributed by atoms with Gasteiger partial charge in [-0.25, -0.2) is 18.1 Å². The van der Waals surface area contributed by atoms with E-state index in [1.54, 1.807) is 6.07 Å². The van der Waals surface area contributed by atoms with Gasteiger partial charge < -0.3 is 9.88 Å². The zero-order valence-corrected chi connectivity index (χ0v) is 18.4. The van der Waals surface area contributed by atoms with Crippen molar-refractivity contribution < 1.29 is 18.0 Å². The molecule has 0 saturated heterocycles. The number of fused-ring (bicyclic) bond motifs is 1. The van der Waals surface area contributed by atoms with Crippen molar-refractivity contribution in [3.8, 4) is 0 Å². The number of carbonyl (C=O) groups excluding carboxylic acids is 2. The molecule has 0 aliphatic rings. The molecule has 0 fully saturated rings. The summed E-state index contributed by atoms with van der Waals surface area (Å²) in [7, 11) is -3.78. The lowest BCUT2D eigenvalue weighted by atomic mass is 10.2. The minimum atomic E-state index is -3.78. The Morgan fingerprint density at radius 1 is 1.06 bits per heavy atom. The van der Waals surface area contributed by atoms with Crippen LogP contribution in [0.5, 0.6) is 0 Å². The number of benzene rings is 2. The third-order valence-electron chi connectivity index (χ3n) is 4.92. The molecule has 2 aromatic carbocycles. The van der Waals surface area contributed by atoms with E-state index in [0.29, 0.717) is 12.1 Å². The standard InChI is InChI=1S/C22H26N4O4S/c1-16(27)18-7-5-8-19(15-18)31(29,30)24-13-11-22(28)23-12-6-14-26-17(2)25-20-9-3-4-10-21(20)26/h3-5,7-10,15,24H,6,11-14H2,1-2H3,(H,23,28). The number of imidazole rings is 1. The van der Waals surface area contributed by atoms with Crippen LogP contribution in [0.25, 0.3) is 11.0 Å². The van der Waals surface area contributed by atoms with Gasteiger partial charge in [-0.3, -0.25) is 9.59 Å². The van der Waals surface area contributed by atoms with Crippen LogP contribution in [0.4, 0.5) is 0 Å². The van der Waals surface area contributed by atoms with Crippen molar-refractivity contribution in [3.63, 3.8) is 0 Å². The topological polar surface area (TPSA) is 110 Å². The van der Waals surface area contributed by atoms with Crippen LogP contribution >= 0.6 is 0 Å². The summed E-state index contributed by atoms with van der Waals surface area (Å²) in [5, 5.41) is 2.81. The highest BCUT2D eigenvalue weighted by Crippen LogP contribution is 2.15. The van der Waals surface area contributed by atoms with Crippen molar-refractivity contribution in [3.05, 3.63) is 59.9 Å². The summed E-state index contributed by atoms with van der Waals surface area (Å²) in [6, 6.07) is 13.7. The van der Waals surface area contributed by atoms with Crippen LogP contribution in [0, 0.1) is 6.92 Å². The number of para-hydroxylation sites is 2. The molecule has 0 saturated carbocycles. The molecule has 9 heteroatoms. The number of nitrogens with zero attached hydrogens (tertiary/aromatic N) is 2. The van der Waals surface area contributed by atoms with E-state index in [2.05, 4.69) is 19.6 Å². The monoisotopic (exact) mass is 442 g/mol. The van der Waals surface area contributed by atoms with Crippen LogP contribution in [0.3, 0.4) is 0 Å². The molecule has 0 unspecified atom stereocenters. The third-order valence-corrected chi connectivity index (χ3v) is 6.38. The number of ketones is 1. The molecular weight excluding hydrogens is 416 g/mol. The van der Waals surface area contributed by atoms with Gasteiger partial charge in [-0.05, 0) is 44.5 Å². The Hall–Kier alpha value is -3.04. The van der Waals surface area contributed by atoms with Gasteiger partial charge in [0.2, 0.25) is 15.9 Å². The summed E-state index contributed by atoms with van der Waals surface area (Å²) < 4.78 is 29.2. The Bertz CT molecular complexity index is 1200. The van der Waals surface area contributed by atoms with E-state index in [4.69, 9.17) is 0 Å². The summed E-state index contributed by atoms with van der Waals surface area (Å²) in [6.45, 7) is 4.52. The maximum Gasteiger partial charge on any atom is 0.240 e. The molecule has 0 atom stereocenters. The van der Waals surface area contributed by atoms with Crippen molar-refractivity contribution in [2.45, 2.75) is 38.1 Å². The average Bonchev–Trinajstić information content (AvgIpc) is 3.06. The van der Waals surface area contributed by atoms with Gasteiger partial charge in [-0.1, -0.05) is 24.3 Å². The minimum absolute atomic E-state index is 0.00327. The number of aromatic nitrogens is 2. The third kappa shape index (κ3) is 5.77. The first-order chi connectivity index (χ1) is 14.8. The zero-order valence-electron chi connectivity index (χ0n) is 17.6. The number of amides is 1. The fourth-order valence-corrected chi connectivity index (χ4v) is 4.37. The number of aryl methyl sites for hydroxylation is 2. The number of sulfonamides is 1. The van der Waals surface area contributed by atoms with Gasteiger partial charge in [0.1, 0.15) is 5.82 Å². The average molecular weight is 443 g/mol. The first kappa shape index (κ1) is 22.6. The summed E-state index contributed by atoms with van der Waals surface area (Å²) in [5.41, 5.74) is 2.33. The molecule has 1 aromatic heterocycles. The lowest BCUT2D eigenvalue weighted by Gasteiger charge is -2.09. The summed E-state index contributed by atoms with van der Waals surface area (Å²) in [6.07, 6.45) is 0.759. The van der Waals surface area contributed by atoms with Gasteiger partial charge in [0.05, 0.1) is 15.9 Å². The van der Waals surface area contributed by atoms with Crippen LogP contribution < -0.4 is 10.0 Å². The maximum absolute atomic E-state index is 12.4. The van der Waals surface area contributed by atoms with E-state index in [1.165, 1.54) is 25.1 Å². The Labute approximate surface area is 181 Å². The summed E-state index contributed by atoms with van der Waals surface area (Å²) >= 11 is 0. The SMILES string of the molecule is CC(=O)c1cccc(S(=O)(=O)NCCC(=O)NCCCn2c(C)nc3ccccc32)c1. The van der Waals surface area contributed by atoms with Crippen LogP contribution in [-0.4, -0.2) is 42.7 Å². The predicted octanol–water partition coefficient (Wildman–Crippen LogP) is 2.42. The molecule has 0 aliphatic carbocycles. The van der Waals surface area contributed by atoms with Crippen molar-refractivity contribution in [2.24, 2.45) is 0 Å². The minimum Gasteiger partial charge on any atom is -0.356 e. The molecule has 1 heterocycles. The van der Waals surface area contributed by atoms with E-state index in [0.717, 1.165) is 29.8 Å².